The molecule has 0 aromatic rings. The van der Waals surface area contributed by atoms with E-state index in [4.69, 9.17) is 0 Å². The molecule has 0 aliphatic carbocycles. The van der Waals surface area contributed by atoms with Gasteiger partial charge in [-0.15, -0.1) is 0 Å². The molecule has 0 heteroatoms. The Bertz CT molecular complexity index is 42.0. The second-order valence-electron chi connectivity index (χ2n) is 1.77. The third kappa shape index (κ3) is 3.74. The summed E-state index contributed by atoms with van der Waals surface area (Å²) in [5, 5.41) is 0. The van der Waals surface area contributed by atoms with E-state index in [1.54, 1.807) is 0 Å². The van der Waals surface area contributed by atoms with Crippen LogP contribution in [0, 0.1) is 5.92 Å². The molecule has 0 aromatic heterocycles. The highest BCUT2D eigenvalue weighted by Crippen LogP contribution is 1.90. The van der Waals surface area contributed by atoms with Gasteiger partial charge in [-0.2, -0.15) is 0 Å². The first-order chi connectivity index (χ1) is 2.77. The molecule has 0 amide bonds. The van der Waals surface area contributed by atoms with Crippen LogP contribution in [0.2, 0.25) is 0 Å². The van der Waals surface area contributed by atoms with Gasteiger partial charge in [0, 0.05) is 0 Å². The molecule has 0 saturated carbocycles. The summed E-state index contributed by atoms with van der Waals surface area (Å²) < 4.78 is 0. The number of hydrogen-bond acceptors (Lipinski definition) is 0. The average molecular weight is 84.2 g/mol. The van der Waals surface area contributed by atoms with E-state index >= 15 is 0 Å². The van der Waals surface area contributed by atoms with Gasteiger partial charge in [-0.1, -0.05) is 26.0 Å². The molecule has 6 heavy (non-hydrogen) atoms. The SMILES string of the molecule is CC=CC(C)C. The molecule has 0 nitrogen and oxygen atoms in total. The van der Waals surface area contributed by atoms with E-state index in [1.807, 2.05) is 6.92 Å². The maximum absolute atomic E-state index is 2.17. The molecule has 0 aromatic carbocycles. The Labute approximate surface area is 39.9 Å². The fraction of sp³-hybridized carbons (Fsp3) is 0.667. The summed E-state index contributed by atoms with van der Waals surface area (Å²) in [4.78, 5) is 0. The van der Waals surface area contributed by atoms with Crippen LogP contribution in [0.3, 0.4) is 0 Å². The molecule has 0 spiro atoms. The molecule has 0 unspecified atom stereocenters. The van der Waals surface area contributed by atoms with E-state index in [1.165, 1.54) is 0 Å². The van der Waals surface area contributed by atoms with Gasteiger partial charge in [0.05, 0.1) is 0 Å². The Kier molecular flexibility index (Phi) is 2.82. The normalized spacial score (nSPS) is 11.3. The van der Waals surface area contributed by atoms with Crippen molar-refractivity contribution in [1.29, 1.82) is 0 Å². The van der Waals surface area contributed by atoms with Gasteiger partial charge in [0.2, 0.25) is 0 Å². The molecular formula is C6H12. The van der Waals surface area contributed by atoms with E-state index in [0.29, 0.717) is 0 Å². The van der Waals surface area contributed by atoms with Gasteiger partial charge in [-0.25, -0.2) is 0 Å². The van der Waals surface area contributed by atoms with Crippen LogP contribution in [0.5, 0.6) is 0 Å². The topological polar surface area (TPSA) is 0 Å². The smallest absolute Gasteiger partial charge is 0.0291 e. The highest BCUT2D eigenvalue weighted by atomic mass is 13.8. The predicted octanol–water partition coefficient (Wildman–Crippen LogP) is 2.22. The Morgan fingerprint density at radius 1 is 1.33 bits per heavy atom. The van der Waals surface area contributed by atoms with Gasteiger partial charge >= 0.3 is 0 Å². The lowest BCUT2D eigenvalue weighted by Gasteiger charge is -1.86. The van der Waals surface area contributed by atoms with Crippen LogP contribution in [-0.2, 0) is 0 Å². The highest BCUT2D eigenvalue weighted by molar-refractivity contribution is 4.79. The van der Waals surface area contributed by atoms with Crippen LogP contribution in [0.25, 0.3) is 0 Å². The Hall–Kier alpha value is -0.260. The summed E-state index contributed by atoms with van der Waals surface area (Å²) in [6.07, 6.45) is 4.24. The summed E-state index contributed by atoms with van der Waals surface area (Å²) in [6.45, 7) is 6.38. The molecule has 0 bridgehead atoms. The van der Waals surface area contributed by atoms with Gasteiger partial charge in [0.25, 0.3) is 0 Å². The summed E-state index contributed by atoms with van der Waals surface area (Å²) in [7, 11) is 0. The lowest BCUT2D eigenvalue weighted by molar-refractivity contribution is 0.830. The van der Waals surface area contributed by atoms with Crippen molar-refractivity contribution in [3.8, 4) is 0 Å². The first-order valence-corrected chi connectivity index (χ1v) is 2.40. The van der Waals surface area contributed by atoms with Gasteiger partial charge < -0.3 is 0 Å². The Balaban J connectivity index is 3.03. The van der Waals surface area contributed by atoms with Crippen molar-refractivity contribution in [2.24, 2.45) is 5.92 Å². The Morgan fingerprint density at radius 2 is 1.83 bits per heavy atom. The molecule has 0 radical (unpaired) electrons. The monoisotopic (exact) mass is 84.1 g/mol. The molecule has 36 valence electrons. The molecule has 0 aliphatic rings. The summed E-state index contributed by atoms with van der Waals surface area (Å²) in [5.41, 5.74) is 0. The van der Waals surface area contributed by atoms with E-state index < -0.39 is 0 Å². The van der Waals surface area contributed by atoms with Crippen molar-refractivity contribution in [1.82, 2.24) is 0 Å². The van der Waals surface area contributed by atoms with Gasteiger partial charge in [-0.3, -0.25) is 0 Å². The molecule has 0 saturated heterocycles. The van der Waals surface area contributed by atoms with Crippen LogP contribution < -0.4 is 0 Å². The van der Waals surface area contributed by atoms with Crippen molar-refractivity contribution in [2.45, 2.75) is 20.8 Å². The van der Waals surface area contributed by atoms with Crippen LogP contribution in [0.15, 0.2) is 12.2 Å². The predicted molar refractivity (Wildman–Crippen MR) is 29.7 cm³/mol. The van der Waals surface area contributed by atoms with E-state index in [9.17, 15) is 0 Å². The van der Waals surface area contributed by atoms with Gasteiger partial charge in [0.1, 0.15) is 0 Å². The maximum Gasteiger partial charge on any atom is -0.0291 e. The largest absolute Gasteiger partial charge is 0.0914 e. The molecule has 0 rings (SSSR count). The maximum atomic E-state index is 2.17. The molecule has 0 heterocycles. The first-order valence-electron chi connectivity index (χ1n) is 2.40. The van der Waals surface area contributed by atoms with Crippen molar-refractivity contribution in [3.63, 3.8) is 0 Å². The quantitative estimate of drug-likeness (QED) is 0.427. The third-order valence-corrected chi connectivity index (χ3v) is 0.577. The fourth-order valence-corrected chi connectivity index (χ4v) is 0.385. The van der Waals surface area contributed by atoms with Gasteiger partial charge in [0.15, 0.2) is 0 Å². The Morgan fingerprint density at radius 3 is 1.83 bits per heavy atom. The zero-order chi connectivity index (χ0) is 4.99. The van der Waals surface area contributed by atoms with Crippen molar-refractivity contribution >= 4 is 0 Å². The minimum Gasteiger partial charge on any atom is -0.0914 e. The minimum absolute atomic E-state index is 0.718. The number of allylic oxidation sites excluding steroid dienone is 2. The lowest BCUT2D eigenvalue weighted by Crippen LogP contribution is -1.73. The molecule has 0 N–H and O–H groups in total. The van der Waals surface area contributed by atoms with Crippen LogP contribution in [0.4, 0.5) is 0 Å². The second-order valence-corrected chi connectivity index (χ2v) is 1.77. The van der Waals surface area contributed by atoms with Crippen molar-refractivity contribution in [2.75, 3.05) is 0 Å². The van der Waals surface area contributed by atoms with Crippen LogP contribution in [0.1, 0.15) is 20.8 Å². The highest BCUT2D eigenvalue weighted by Gasteiger charge is 1.76. The molecule has 0 fully saturated rings. The van der Waals surface area contributed by atoms with Gasteiger partial charge in [-0.05, 0) is 12.8 Å². The van der Waals surface area contributed by atoms with E-state index in [2.05, 4.69) is 26.0 Å². The number of hydrogen-bond donors (Lipinski definition) is 0. The van der Waals surface area contributed by atoms with E-state index in [-0.39, 0.29) is 0 Å². The van der Waals surface area contributed by atoms with Crippen LogP contribution >= 0.6 is 0 Å². The number of rotatable bonds is 1. The second kappa shape index (κ2) is 2.95. The van der Waals surface area contributed by atoms with E-state index in [0.717, 1.165) is 5.92 Å². The van der Waals surface area contributed by atoms with Crippen LogP contribution in [-0.4, -0.2) is 0 Å². The molecule has 0 atom stereocenters. The third-order valence-electron chi connectivity index (χ3n) is 0.577. The average Bonchev–Trinajstić information content (AvgIpc) is 1.35. The fourth-order valence-electron chi connectivity index (χ4n) is 0.385. The zero-order valence-corrected chi connectivity index (χ0v) is 4.73. The van der Waals surface area contributed by atoms with Crippen molar-refractivity contribution in [3.05, 3.63) is 12.2 Å². The summed E-state index contributed by atoms with van der Waals surface area (Å²) in [5.74, 6) is 0.718. The zero-order valence-electron chi connectivity index (χ0n) is 4.73. The standard InChI is InChI=1S/C6H12/c1-4-5-6(2)3/h4-6H,1-3H3. The van der Waals surface area contributed by atoms with Crippen molar-refractivity contribution < 1.29 is 0 Å². The molecule has 0 aliphatic heterocycles. The minimum atomic E-state index is 0.718. The summed E-state index contributed by atoms with van der Waals surface area (Å²) in [6, 6.07) is 0. The lowest BCUT2D eigenvalue weighted by atomic mass is 10.2. The summed E-state index contributed by atoms with van der Waals surface area (Å²) >= 11 is 0. The molecular weight excluding hydrogens is 72.1 g/mol. The first kappa shape index (κ1) is 5.74.